The smallest absolute Gasteiger partial charge is 0.255 e. The predicted octanol–water partition coefficient (Wildman–Crippen LogP) is 4.09. The van der Waals surface area contributed by atoms with Gasteiger partial charge in [0, 0.05) is 23.0 Å². The maximum atomic E-state index is 12.2. The molecule has 25 heavy (non-hydrogen) atoms. The highest BCUT2D eigenvalue weighted by molar-refractivity contribution is 7.99. The molecule has 0 saturated heterocycles. The quantitative estimate of drug-likeness (QED) is 0.749. The fourth-order valence-electron chi connectivity index (χ4n) is 2.16. The van der Waals surface area contributed by atoms with Crippen molar-refractivity contribution >= 4 is 29.3 Å². The Balaban J connectivity index is 1.79. The fraction of sp³-hybridized carbons (Fsp3) is 0.300. The molecule has 0 unspecified atom stereocenters. The molecule has 2 amide bonds. The zero-order valence-corrected chi connectivity index (χ0v) is 15.4. The van der Waals surface area contributed by atoms with Gasteiger partial charge in [-0.2, -0.15) is 0 Å². The molecule has 0 aromatic heterocycles. The van der Waals surface area contributed by atoms with E-state index in [-0.39, 0.29) is 17.9 Å². The summed E-state index contributed by atoms with van der Waals surface area (Å²) >= 11 is 1.57. The van der Waals surface area contributed by atoms with Gasteiger partial charge >= 0.3 is 0 Å². The molecule has 5 heteroatoms. The van der Waals surface area contributed by atoms with Crippen LogP contribution in [0.2, 0.25) is 0 Å². The Labute approximate surface area is 153 Å². The molecule has 0 aliphatic heterocycles. The zero-order valence-electron chi connectivity index (χ0n) is 14.6. The molecule has 4 nitrogen and oxygen atoms in total. The highest BCUT2D eigenvalue weighted by Gasteiger charge is 2.07. The second kappa shape index (κ2) is 9.89. The number of para-hydroxylation sites is 1. The number of anilines is 1. The highest BCUT2D eigenvalue weighted by Crippen LogP contribution is 2.14. The van der Waals surface area contributed by atoms with Gasteiger partial charge in [-0.1, -0.05) is 37.3 Å². The lowest BCUT2D eigenvalue weighted by atomic mass is 10.1. The summed E-state index contributed by atoms with van der Waals surface area (Å²) in [6.07, 6.45) is 0.933. The zero-order chi connectivity index (χ0) is 18.1. The van der Waals surface area contributed by atoms with Crippen LogP contribution in [0.5, 0.6) is 0 Å². The van der Waals surface area contributed by atoms with Gasteiger partial charge in [0.2, 0.25) is 5.91 Å². The molecule has 2 aromatic carbocycles. The molecule has 0 aliphatic carbocycles. The highest BCUT2D eigenvalue weighted by atomic mass is 32.2. The van der Waals surface area contributed by atoms with Crippen LogP contribution in [0, 0.1) is 0 Å². The second-order valence-electron chi connectivity index (χ2n) is 5.89. The molecule has 0 radical (unpaired) electrons. The normalized spacial score (nSPS) is 11.6. The predicted molar refractivity (Wildman–Crippen MR) is 105 cm³/mol. The summed E-state index contributed by atoms with van der Waals surface area (Å²) < 4.78 is 0. The summed E-state index contributed by atoms with van der Waals surface area (Å²) in [6.45, 7) is 4.05. The van der Waals surface area contributed by atoms with E-state index in [1.54, 1.807) is 11.8 Å². The van der Waals surface area contributed by atoms with Crippen molar-refractivity contribution in [2.24, 2.45) is 0 Å². The van der Waals surface area contributed by atoms with Gasteiger partial charge in [-0.25, -0.2) is 0 Å². The Morgan fingerprint density at radius 1 is 1.04 bits per heavy atom. The average molecular weight is 356 g/mol. The topological polar surface area (TPSA) is 58.2 Å². The molecule has 0 aliphatic rings. The van der Waals surface area contributed by atoms with E-state index in [1.165, 1.54) is 0 Å². The number of thioether (sulfide) groups is 1. The van der Waals surface area contributed by atoms with E-state index < -0.39 is 0 Å². The molecule has 2 rings (SSSR count). The standard InChI is InChI=1S/C20H24N2O2S/c1-3-15(2)21-19(23)14-25-13-16-9-11-17(12-10-16)20(24)22-18-7-5-4-6-8-18/h4-12,15H,3,13-14H2,1-2H3,(H,21,23)(H,22,24)/t15-/m0/s1. The molecule has 132 valence electrons. The lowest BCUT2D eigenvalue weighted by Crippen LogP contribution is -2.33. The third-order valence-corrected chi connectivity index (χ3v) is 4.77. The summed E-state index contributed by atoms with van der Waals surface area (Å²) in [5, 5.41) is 5.81. The van der Waals surface area contributed by atoms with Crippen LogP contribution in [-0.4, -0.2) is 23.6 Å². The fourth-order valence-corrected chi connectivity index (χ4v) is 2.96. The number of benzene rings is 2. The van der Waals surface area contributed by atoms with Crippen LogP contribution in [0.25, 0.3) is 0 Å². The molecular weight excluding hydrogens is 332 g/mol. The van der Waals surface area contributed by atoms with Gasteiger partial charge in [0.25, 0.3) is 5.91 Å². The first-order valence-electron chi connectivity index (χ1n) is 8.41. The number of carbonyl (C=O) groups is 2. The van der Waals surface area contributed by atoms with Crippen molar-refractivity contribution in [1.82, 2.24) is 5.32 Å². The second-order valence-corrected chi connectivity index (χ2v) is 6.87. The molecule has 0 fully saturated rings. The number of hydrogen-bond acceptors (Lipinski definition) is 3. The van der Waals surface area contributed by atoms with Crippen LogP contribution < -0.4 is 10.6 Å². The van der Waals surface area contributed by atoms with Crippen LogP contribution in [0.3, 0.4) is 0 Å². The van der Waals surface area contributed by atoms with Crippen LogP contribution >= 0.6 is 11.8 Å². The number of nitrogens with one attached hydrogen (secondary N) is 2. The Morgan fingerprint density at radius 2 is 1.72 bits per heavy atom. The molecule has 0 saturated carbocycles. The van der Waals surface area contributed by atoms with Gasteiger partial charge in [0.05, 0.1) is 5.75 Å². The first-order valence-corrected chi connectivity index (χ1v) is 9.56. The summed E-state index contributed by atoms with van der Waals surface area (Å²) in [6, 6.07) is 17.1. The number of amides is 2. The number of rotatable bonds is 8. The molecule has 2 N–H and O–H groups in total. The SMILES string of the molecule is CC[C@H](C)NC(=O)CSCc1ccc(C(=O)Nc2ccccc2)cc1. The maximum absolute atomic E-state index is 12.2. The lowest BCUT2D eigenvalue weighted by molar-refractivity contribution is -0.119. The summed E-state index contributed by atoms with van der Waals surface area (Å²) in [5.41, 5.74) is 2.49. The maximum Gasteiger partial charge on any atom is 0.255 e. The van der Waals surface area contributed by atoms with Crippen LogP contribution in [0.4, 0.5) is 5.69 Å². The van der Waals surface area contributed by atoms with Gasteiger partial charge in [-0.3, -0.25) is 9.59 Å². The number of carbonyl (C=O) groups excluding carboxylic acids is 2. The van der Waals surface area contributed by atoms with Crippen molar-refractivity contribution in [1.29, 1.82) is 0 Å². The summed E-state index contributed by atoms with van der Waals surface area (Å²) in [5.74, 6) is 1.13. The van der Waals surface area contributed by atoms with Crippen molar-refractivity contribution in [2.75, 3.05) is 11.1 Å². The van der Waals surface area contributed by atoms with Crippen LogP contribution in [-0.2, 0) is 10.5 Å². The number of hydrogen-bond donors (Lipinski definition) is 2. The van der Waals surface area contributed by atoms with Gasteiger partial charge in [0.15, 0.2) is 0 Å². The Hall–Kier alpha value is -2.27. The molecule has 2 aromatic rings. The van der Waals surface area contributed by atoms with Gasteiger partial charge in [-0.05, 0) is 43.2 Å². The Kier molecular flexibility index (Phi) is 7.54. The van der Waals surface area contributed by atoms with Crippen LogP contribution in [0.1, 0.15) is 36.2 Å². The molecule has 0 spiro atoms. The van der Waals surface area contributed by atoms with E-state index in [4.69, 9.17) is 0 Å². The average Bonchev–Trinajstić information content (AvgIpc) is 2.63. The minimum absolute atomic E-state index is 0.0678. The minimum Gasteiger partial charge on any atom is -0.353 e. The minimum atomic E-state index is -0.127. The van der Waals surface area contributed by atoms with E-state index in [2.05, 4.69) is 10.6 Å². The van der Waals surface area contributed by atoms with Crippen molar-refractivity contribution in [2.45, 2.75) is 32.1 Å². The molecule has 0 bridgehead atoms. The first kappa shape index (κ1) is 19.1. The molecule has 1 atom stereocenters. The van der Waals surface area contributed by atoms with E-state index in [0.717, 1.165) is 23.4 Å². The third kappa shape index (κ3) is 6.63. The van der Waals surface area contributed by atoms with Crippen molar-refractivity contribution < 1.29 is 9.59 Å². The summed E-state index contributed by atoms with van der Waals surface area (Å²) in [4.78, 5) is 23.9. The van der Waals surface area contributed by atoms with Gasteiger partial charge in [0.1, 0.15) is 0 Å². The van der Waals surface area contributed by atoms with Crippen molar-refractivity contribution in [3.8, 4) is 0 Å². The Bertz CT molecular complexity index is 687. The largest absolute Gasteiger partial charge is 0.353 e. The monoisotopic (exact) mass is 356 g/mol. The van der Waals surface area contributed by atoms with Gasteiger partial charge < -0.3 is 10.6 Å². The van der Waals surface area contributed by atoms with Crippen molar-refractivity contribution in [3.05, 3.63) is 65.7 Å². The first-order chi connectivity index (χ1) is 12.1. The van der Waals surface area contributed by atoms with E-state index in [1.807, 2.05) is 68.4 Å². The molecule has 0 heterocycles. The Morgan fingerprint density at radius 3 is 2.36 bits per heavy atom. The van der Waals surface area contributed by atoms with Crippen molar-refractivity contribution in [3.63, 3.8) is 0 Å². The van der Waals surface area contributed by atoms with E-state index in [9.17, 15) is 9.59 Å². The molecular formula is C20H24N2O2S. The lowest BCUT2D eigenvalue weighted by Gasteiger charge is -2.11. The van der Waals surface area contributed by atoms with E-state index >= 15 is 0 Å². The van der Waals surface area contributed by atoms with Crippen LogP contribution in [0.15, 0.2) is 54.6 Å². The third-order valence-electron chi connectivity index (χ3n) is 3.77. The van der Waals surface area contributed by atoms with Gasteiger partial charge in [-0.15, -0.1) is 11.8 Å². The summed E-state index contributed by atoms with van der Waals surface area (Å²) in [7, 11) is 0. The van der Waals surface area contributed by atoms with E-state index in [0.29, 0.717) is 11.3 Å².